The Morgan fingerprint density at radius 1 is 1.22 bits per heavy atom. The molecule has 2 aromatic rings. The lowest BCUT2D eigenvalue weighted by Crippen LogP contribution is -2.42. The molecular weight excluding hydrogens is 288 g/mol. The number of ether oxygens (including phenoxy) is 1. The van der Waals surface area contributed by atoms with E-state index < -0.39 is 5.54 Å². The Hall–Kier alpha value is -2.66. The summed E-state index contributed by atoms with van der Waals surface area (Å²) in [6.07, 6.45) is 6.05. The molecule has 1 aliphatic rings. The summed E-state index contributed by atoms with van der Waals surface area (Å²) in [4.78, 5) is 9.08. The van der Waals surface area contributed by atoms with Crippen LogP contribution in [0.1, 0.15) is 19.2 Å². The first kappa shape index (κ1) is 15.2. The van der Waals surface area contributed by atoms with Crippen LogP contribution in [0.25, 0.3) is 11.3 Å². The fourth-order valence-electron chi connectivity index (χ4n) is 2.67. The standard InChI is InChI=1S/C18H20N4O/c1-12-6-7-14(19)11-18(12,20)17-21-9-8-16(22-17)13-4-3-5-15(10-13)23-2/h3-10H,11,19-20H2,1-2H3. The summed E-state index contributed by atoms with van der Waals surface area (Å²) < 4.78 is 5.27. The van der Waals surface area contributed by atoms with Gasteiger partial charge in [0.2, 0.25) is 0 Å². The molecule has 0 aliphatic heterocycles. The highest BCUT2D eigenvalue weighted by Gasteiger charge is 2.35. The molecule has 0 amide bonds. The number of methoxy groups -OCH3 is 1. The topological polar surface area (TPSA) is 87.0 Å². The number of hydrogen-bond donors (Lipinski definition) is 2. The SMILES string of the molecule is COc1cccc(-c2ccnc(C3(N)CC(N)=CC=C3C)n2)c1. The lowest BCUT2D eigenvalue weighted by Gasteiger charge is -2.31. The van der Waals surface area contributed by atoms with Crippen molar-refractivity contribution < 1.29 is 4.74 Å². The Labute approximate surface area is 135 Å². The van der Waals surface area contributed by atoms with Gasteiger partial charge >= 0.3 is 0 Å². The van der Waals surface area contributed by atoms with Gasteiger partial charge in [-0.2, -0.15) is 0 Å². The summed E-state index contributed by atoms with van der Waals surface area (Å²) in [6.45, 7) is 1.98. The smallest absolute Gasteiger partial charge is 0.153 e. The molecule has 3 rings (SSSR count). The molecule has 0 radical (unpaired) electrons. The molecule has 0 spiro atoms. The molecule has 0 bridgehead atoms. The van der Waals surface area contributed by atoms with E-state index >= 15 is 0 Å². The molecule has 4 N–H and O–H groups in total. The Morgan fingerprint density at radius 2 is 2.04 bits per heavy atom. The fourth-order valence-corrected chi connectivity index (χ4v) is 2.67. The molecule has 1 aliphatic carbocycles. The van der Waals surface area contributed by atoms with Crippen molar-refractivity contribution in [1.29, 1.82) is 0 Å². The fraction of sp³-hybridized carbons (Fsp3) is 0.222. The molecule has 1 atom stereocenters. The monoisotopic (exact) mass is 308 g/mol. The van der Waals surface area contributed by atoms with Crippen LogP contribution in [0.5, 0.6) is 5.75 Å². The van der Waals surface area contributed by atoms with Gasteiger partial charge in [0, 0.05) is 23.9 Å². The summed E-state index contributed by atoms with van der Waals surface area (Å²) in [5.74, 6) is 1.36. The van der Waals surface area contributed by atoms with E-state index in [9.17, 15) is 0 Å². The van der Waals surface area contributed by atoms with Crippen LogP contribution in [0.15, 0.2) is 60.0 Å². The normalized spacial score (nSPS) is 20.7. The molecule has 5 heteroatoms. The second kappa shape index (κ2) is 5.85. The molecule has 0 fully saturated rings. The molecule has 0 saturated carbocycles. The van der Waals surface area contributed by atoms with Crippen molar-refractivity contribution in [3.05, 3.63) is 65.8 Å². The molecule has 118 valence electrons. The Kier molecular flexibility index (Phi) is 3.88. The van der Waals surface area contributed by atoms with Crippen LogP contribution in [0.3, 0.4) is 0 Å². The van der Waals surface area contributed by atoms with Gasteiger partial charge in [-0.15, -0.1) is 0 Å². The Morgan fingerprint density at radius 3 is 2.83 bits per heavy atom. The van der Waals surface area contributed by atoms with Crippen LogP contribution in [0, 0.1) is 0 Å². The molecule has 0 saturated heterocycles. The van der Waals surface area contributed by atoms with E-state index in [1.807, 2.05) is 49.4 Å². The average Bonchev–Trinajstić information content (AvgIpc) is 2.58. The summed E-state index contributed by atoms with van der Waals surface area (Å²) in [7, 11) is 1.64. The van der Waals surface area contributed by atoms with E-state index in [0.29, 0.717) is 12.2 Å². The number of nitrogens with two attached hydrogens (primary N) is 2. The average molecular weight is 308 g/mol. The van der Waals surface area contributed by atoms with Crippen molar-refractivity contribution >= 4 is 0 Å². The van der Waals surface area contributed by atoms with Crippen molar-refractivity contribution in [2.24, 2.45) is 11.5 Å². The minimum absolute atomic E-state index is 0.511. The van der Waals surface area contributed by atoms with Gasteiger partial charge in [-0.05, 0) is 36.8 Å². The van der Waals surface area contributed by atoms with Gasteiger partial charge in [-0.25, -0.2) is 9.97 Å². The van der Waals surface area contributed by atoms with Gasteiger partial charge in [0.05, 0.1) is 12.8 Å². The second-order valence-electron chi connectivity index (χ2n) is 5.74. The molecule has 23 heavy (non-hydrogen) atoms. The van der Waals surface area contributed by atoms with Gasteiger partial charge < -0.3 is 16.2 Å². The maximum Gasteiger partial charge on any atom is 0.153 e. The molecule has 1 aromatic carbocycles. The van der Waals surface area contributed by atoms with Crippen LogP contribution in [0.2, 0.25) is 0 Å². The predicted octanol–water partition coefficient (Wildman–Crippen LogP) is 2.50. The predicted molar refractivity (Wildman–Crippen MR) is 90.5 cm³/mol. The van der Waals surface area contributed by atoms with Crippen LogP contribution in [-0.4, -0.2) is 17.1 Å². The van der Waals surface area contributed by atoms with E-state index in [2.05, 4.69) is 9.97 Å². The third kappa shape index (κ3) is 2.83. The van der Waals surface area contributed by atoms with Gasteiger partial charge in [0.1, 0.15) is 11.3 Å². The van der Waals surface area contributed by atoms with Crippen LogP contribution in [-0.2, 0) is 5.54 Å². The second-order valence-corrected chi connectivity index (χ2v) is 5.74. The number of nitrogens with zero attached hydrogens (tertiary/aromatic N) is 2. The first-order chi connectivity index (χ1) is 11.0. The summed E-state index contributed by atoms with van der Waals surface area (Å²) >= 11 is 0. The van der Waals surface area contributed by atoms with Crippen LogP contribution < -0.4 is 16.2 Å². The summed E-state index contributed by atoms with van der Waals surface area (Å²) in [6, 6.07) is 9.61. The van der Waals surface area contributed by atoms with Crippen molar-refractivity contribution in [1.82, 2.24) is 9.97 Å². The van der Waals surface area contributed by atoms with Crippen LogP contribution in [0.4, 0.5) is 0 Å². The first-order valence-electron chi connectivity index (χ1n) is 7.43. The maximum atomic E-state index is 6.58. The molecular formula is C18H20N4O. The molecule has 1 heterocycles. The van der Waals surface area contributed by atoms with E-state index in [0.717, 1.165) is 28.3 Å². The van der Waals surface area contributed by atoms with E-state index in [-0.39, 0.29) is 0 Å². The Balaban J connectivity index is 2.03. The zero-order chi connectivity index (χ0) is 16.4. The zero-order valence-corrected chi connectivity index (χ0v) is 13.3. The first-order valence-corrected chi connectivity index (χ1v) is 7.43. The molecule has 1 aromatic heterocycles. The highest BCUT2D eigenvalue weighted by Crippen LogP contribution is 2.33. The quantitative estimate of drug-likeness (QED) is 0.909. The maximum absolute atomic E-state index is 6.58. The highest BCUT2D eigenvalue weighted by atomic mass is 16.5. The number of allylic oxidation sites excluding steroid dienone is 2. The number of aromatic nitrogens is 2. The van der Waals surface area contributed by atoms with Crippen LogP contribution >= 0.6 is 0 Å². The van der Waals surface area contributed by atoms with Crippen molar-refractivity contribution in [2.45, 2.75) is 18.9 Å². The Bertz CT molecular complexity index is 797. The van der Waals surface area contributed by atoms with E-state index in [1.54, 1.807) is 13.3 Å². The van der Waals surface area contributed by atoms with E-state index in [1.165, 1.54) is 0 Å². The third-order valence-corrected chi connectivity index (χ3v) is 4.15. The van der Waals surface area contributed by atoms with Crippen molar-refractivity contribution in [3.63, 3.8) is 0 Å². The lowest BCUT2D eigenvalue weighted by atomic mass is 9.82. The molecule has 5 nitrogen and oxygen atoms in total. The number of hydrogen-bond acceptors (Lipinski definition) is 5. The summed E-state index contributed by atoms with van der Waals surface area (Å²) in [5, 5.41) is 0. The highest BCUT2D eigenvalue weighted by molar-refractivity contribution is 5.61. The lowest BCUT2D eigenvalue weighted by molar-refractivity contribution is 0.415. The van der Waals surface area contributed by atoms with Gasteiger partial charge in [0.15, 0.2) is 5.82 Å². The third-order valence-electron chi connectivity index (χ3n) is 4.15. The van der Waals surface area contributed by atoms with Gasteiger partial charge in [0.25, 0.3) is 0 Å². The minimum Gasteiger partial charge on any atom is -0.497 e. The van der Waals surface area contributed by atoms with Gasteiger partial charge in [-0.3, -0.25) is 0 Å². The van der Waals surface area contributed by atoms with E-state index in [4.69, 9.17) is 16.2 Å². The largest absolute Gasteiger partial charge is 0.497 e. The van der Waals surface area contributed by atoms with Crippen molar-refractivity contribution in [2.75, 3.05) is 7.11 Å². The number of benzene rings is 1. The minimum atomic E-state index is -0.770. The zero-order valence-electron chi connectivity index (χ0n) is 13.3. The molecule has 1 unspecified atom stereocenters. The summed E-state index contributed by atoms with van der Waals surface area (Å²) in [5.41, 5.74) is 15.3. The van der Waals surface area contributed by atoms with Gasteiger partial charge in [-0.1, -0.05) is 18.2 Å². The number of rotatable bonds is 3. The van der Waals surface area contributed by atoms with Crippen molar-refractivity contribution in [3.8, 4) is 17.0 Å².